The van der Waals surface area contributed by atoms with Crippen LogP contribution in [0.25, 0.3) is 22.0 Å². The Labute approximate surface area is 119 Å². The van der Waals surface area contributed by atoms with E-state index in [4.69, 9.17) is 4.42 Å². The summed E-state index contributed by atoms with van der Waals surface area (Å²) in [7, 11) is 0. The van der Waals surface area contributed by atoms with Crippen molar-refractivity contribution in [2.24, 2.45) is 0 Å². The number of fused-ring (bicyclic) bond motifs is 2. The van der Waals surface area contributed by atoms with Gasteiger partial charge >= 0.3 is 0 Å². The van der Waals surface area contributed by atoms with Crippen LogP contribution in [0.15, 0.2) is 59.3 Å². The highest BCUT2D eigenvalue weighted by Crippen LogP contribution is 2.21. The number of para-hydroxylation sites is 1. The Kier molecular flexibility index (Phi) is 2.50. The fourth-order valence-corrected chi connectivity index (χ4v) is 2.30. The van der Waals surface area contributed by atoms with Gasteiger partial charge in [0, 0.05) is 11.1 Å². The monoisotopic (exact) mass is 277 g/mol. The third-order valence-corrected chi connectivity index (χ3v) is 3.33. The highest BCUT2D eigenvalue weighted by atomic mass is 16.3. The molecule has 2 heterocycles. The summed E-state index contributed by atoms with van der Waals surface area (Å²) in [4.78, 5) is 19.4. The van der Waals surface area contributed by atoms with Crippen molar-refractivity contribution in [1.29, 1.82) is 0 Å². The van der Waals surface area contributed by atoms with E-state index in [1.807, 2.05) is 42.5 Å². The molecule has 0 aliphatic heterocycles. The summed E-state index contributed by atoms with van der Waals surface area (Å²) in [5, 5.41) is 3.73. The van der Waals surface area contributed by atoms with Crippen LogP contribution in [0.2, 0.25) is 0 Å². The van der Waals surface area contributed by atoms with Gasteiger partial charge in [0.05, 0.1) is 17.4 Å². The second-order valence-electron chi connectivity index (χ2n) is 4.74. The van der Waals surface area contributed by atoms with Crippen molar-refractivity contribution in [3.05, 3.63) is 60.6 Å². The number of H-pyrrole nitrogens is 1. The van der Waals surface area contributed by atoms with E-state index in [1.54, 1.807) is 12.4 Å². The lowest BCUT2D eigenvalue weighted by molar-refractivity contribution is 0.0998. The van der Waals surface area contributed by atoms with Gasteiger partial charge in [-0.3, -0.25) is 4.79 Å². The lowest BCUT2D eigenvalue weighted by Crippen LogP contribution is -2.10. The van der Waals surface area contributed by atoms with Crippen molar-refractivity contribution >= 4 is 33.6 Å². The zero-order chi connectivity index (χ0) is 14.2. The normalized spacial score (nSPS) is 11.0. The molecule has 2 N–H and O–H groups in total. The molecule has 0 spiro atoms. The summed E-state index contributed by atoms with van der Waals surface area (Å²) in [6.45, 7) is 0. The highest BCUT2D eigenvalue weighted by Gasteiger charge is 2.12. The number of imidazole rings is 1. The smallest absolute Gasteiger partial charge is 0.291 e. The second kappa shape index (κ2) is 4.49. The summed E-state index contributed by atoms with van der Waals surface area (Å²) in [6, 6.07) is 14.8. The molecule has 4 aromatic rings. The van der Waals surface area contributed by atoms with Gasteiger partial charge in [0.25, 0.3) is 5.91 Å². The predicted molar refractivity (Wildman–Crippen MR) is 80.3 cm³/mol. The zero-order valence-electron chi connectivity index (χ0n) is 11.0. The van der Waals surface area contributed by atoms with Crippen LogP contribution in [0.3, 0.4) is 0 Å². The minimum Gasteiger partial charge on any atom is -0.451 e. The van der Waals surface area contributed by atoms with Crippen LogP contribution < -0.4 is 5.32 Å². The Morgan fingerprint density at radius 3 is 2.95 bits per heavy atom. The van der Waals surface area contributed by atoms with E-state index in [2.05, 4.69) is 15.3 Å². The zero-order valence-corrected chi connectivity index (χ0v) is 11.0. The number of carbonyl (C=O) groups excluding carboxylic acids is 1. The number of benzene rings is 2. The lowest BCUT2D eigenvalue weighted by Gasteiger charge is -2.02. The first kappa shape index (κ1) is 11.7. The lowest BCUT2D eigenvalue weighted by atomic mass is 10.2. The molecule has 21 heavy (non-hydrogen) atoms. The second-order valence-corrected chi connectivity index (χ2v) is 4.74. The van der Waals surface area contributed by atoms with Crippen LogP contribution in [-0.2, 0) is 0 Å². The molecular formula is C16H11N3O2. The fraction of sp³-hybridized carbons (Fsp3) is 0. The van der Waals surface area contributed by atoms with Gasteiger partial charge in [-0.1, -0.05) is 18.2 Å². The summed E-state index contributed by atoms with van der Waals surface area (Å²) >= 11 is 0. The molecule has 0 saturated carbocycles. The van der Waals surface area contributed by atoms with Gasteiger partial charge in [-0.25, -0.2) is 4.98 Å². The summed E-state index contributed by atoms with van der Waals surface area (Å²) in [5.41, 5.74) is 3.12. The summed E-state index contributed by atoms with van der Waals surface area (Å²) in [6.07, 6.45) is 1.62. The van der Waals surface area contributed by atoms with Gasteiger partial charge in [-0.2, -0.15) is 0 Å². The number of amides is 1. The highest BCUT2D eigenvalue weighted by molar-refractivity contribution is 6.05. The molecule has 0 aliphatic carbocycles. The van der Waals surface area contributed by atoms with E-state index >= 15 is 0 Å². The van der Waals surface area contributed by atoms with Gasteiger partial charge in [0.15, 0.2) is 5.76 Å². The summed E-state index contributed by atoms with van der Waals surface area (Å²) in [5.74, 6) is 0.0194. The quantitative estimate of drug-likeness (QED) is 0.588. The maximum Gasteiger partial charge on any atom is 0.291 e. The molecule has 1 amide bonds. The molecule has 0 radical (unpaired) electrons. The first-order valence-electron chi connectivity index (χ1n) is 6.53. The van der Waals surface area contributed by atoms with Crippen molar-refractivity contribution in [3.8, 4) is 0 Å². The van der Waals surface area contributed by atoms with E-state index in [1.165, 1.54) is 0 Å². The SMILES string of the molecule is O=C(Nc1ccc2nc[nH]c2c1)c1cc2ccccc2o1. The number of furan rings is 1. The van der Waals surface area contributed by atoms with Crippen LogP contribution >= 0.6 is 0 Å². The molecule has 2 aromatic carbocycles. The van der Waals surface area contributed by atoms with Gasteiger partial charge in [0.1, 0.15) is 5.58 Å². The number of rotatable bonds is 2. The molecule has 102 valence electrons. The number of nitrogens with one attached hydrogen (secondary N) is 2. The standard InChI is InChI=1S/C16H11N3O2/c20-16(15-7-10-3-1-2-4-14(10)21-15)19-11-5-6-12-13(8-11)18-9-17-12/h1-9H,(H,17,18)(H,19,20). The largest absolute Gasteiger partial charge is 0.451 e. The molecule has 0 atom stereocenters. The third kappa shape index (κ3) is 2.04. The Morgan fingerprint density at radius 1 is 1.14 bits per heavy atom. The van der Waals surface area contributed by atoms with Gasteiger partial charge in [0.2, 0.25) is 0 Å². The maximum atomic E-state index is 12.2. The van der Waals surface area contributed by atoms with Crippen LogP contribution in [-0.4, -0.2) is 15.9 Å². The molecule has 4 rings (SSSR count). The van der Waals surface area contributed by atoms with Crippen LogP contribution in [0.1, 0.15) is 10.6 Å². The predicted octanol–water partition coefficient (Wildman–Crippen LogP) is 3.56. The van der Waals surface area contributed by atoms with Crippen molar-refractivity contribution < 1.29 is 9.21 Å². The van der Waals surface area contributed by atoms with E-state index < -0.39 is 0 Å². The third-order valence-electron chi connectivity index (χ3n) is 3.33. The average molecular weight is 277 g/mol. The van der Waals surface area contributed by atoms with E-state index in [9.17, 15) is 4.79 Å². The topological polar surface area (TPSA) is 70.9 Å². The van der Waals surface area contributed by atoms with Gasteiger partial charge in [-0.05, 0) is 30.3 Å². The minimum atomic E-state index is -0.273. The Morgan fingerprint density at radius 2 is 2.05 bits per heavy atom. The first-order chi connectivity index (χ1) is 10.3. The minimum absolute atomic E-state index is 0.273. The molecule has 2 aromatic heterocycles. The molecule has 0 aliphatic rings. The van der Waals surface area contributed by atoms with Crippen LogP contribution in [0.4, 0.5) is 5.69 Å². The molecule has 0 fully saturated rings. The number of aromatic amines is 1. The van der Waals surface area contributed by atoms with Crippen molar-refractivity contribution in [2.75, 3.05) is 5.32 Å². The number of carbonyl (C=O) groups is 1. The number of anilines is 1. The number of hydrogen-bond donors (Lipinski definition) is 2. The molecule has 5 nitrogen and oxygen atoms in total. The number of aromatic nitrogens is 2. The van der Waals surface area contributed by atoms with Crippen molar-refractivity contribution in [1.82, 2.24) is 9.97 Å². The van der Waals surface area contributed by atoms with Crippen molar-refractivity contribution in [2.45, 2.75) is 0 Å². The van der Waals surface area contributed by atoms with Gasteiger partial charge in [-0.15, -0.1) is 0 Å². The van der Waals surface area contributed by atoms with E-state index in [-0.39, 0.29) is 5.91 Å². The van der Waals surface area contributed by atoms with E-state index in [0.717, 1.165) is 16.4 Å². The fourth-order valence-electron chi connectivity index (χ4n) is 2.30. The molecule has 0 unspecified atom stereocenters. The number of hydrogen-bond acceptors (Lipinski definition) is 3. The Balaban J connectivity index is 1.64. The molecule has 5 heteroatoms. The Hall–Kier alpha value is -3.08. The van der Waals surface area contributed by atoms with Crippen molar-refractivity contribution in [3.63, 3.8) is 0 Å². The molecular weight excluding hydrogens is 266 g/mol. The Bertz CT molecular complexity index is 919. The first-order valence-corrected chi connectivity index (χ1v) is 6.53. The van der Waals surface area contributed by atoms with E-state index in [0.29, 0.717) is 17.0 Å². The average Bonchev–Trinajstić information content (AvgIpc) is 3.13. The summed E-state index contributed by atoms with van der Waals surface area (Å²) < 4.78 is 5.54. The van der Waals surface area contributed by atoms with Crippen LogP contribution in [0.5, 0.6) is 0 Å². The molecule has 0 bridgehead atoms. The number of nitrogens with zero attached hydrogens (tertiary/aromatic N) is 1. The van der Waals surface area contributed by atoms with Gasteiger partial charge < -0.3 is 14.7 Å². The van der Waals surface area contributed by atoms with Crippen LogP contribution in [0, 0.1) is 0 Å². The molecule has 0 saturated heterocycles. The maximum absolute atomic E-state index is 12.2.